The van der Waals surface area contributed by atoms with Gasteiger partial charge in [0.25, 0.3) is 0 Å². The zero-order valence-electron chi connectivity index (χ0n) is 28.7. The lowest BCUT2D eigenvalue weighted by Crippen LogP contribution is -2.51. The maximum Gasteiger partial charge on any atom is 0.407 e. The number of fused-ring (bicyclic) bond motifs is 1. The zero-order chi connectivity index (χ0) is 35.6. The summed E-state index contributed by atoms with van der Waals surface area (Å²) >= 11 is 0. The molecule has 0 aliphatic carbocycles. The molecule has 0 spiro atoms. The minimum atomic E-state index is -2.99. The SMILES string of the molecule is COC(=O)N[C@H](C(=O)N1C[C@@H](OC(F)F)C[C@H]1c1ncc(-c2ccc(-c3ccc4cc(-c5cnc([C@@H]6CCCN6)[nH]5)ccc4c3)cc2)[nH]1)C(C)C. The van der Waals surface area contributed by atoms with Gasteiger partial charge in [-0.25, -0.2) is 14.8 Å². The average molecular weight is 698 g/mol. The molecule has 11 nitrogen and oxygen atoms in total. The maximum absolute atomic E-state index is 13.7. The fraction of sp³-hybridized carbons (Fsp3) is 0.368. The summed E-state index contributed by atoms with van der Waals surface area (Å²) in [7, 11) is 1.21. The number of carbonyl (C=O) groups is 2. The van der Waals surface area contributed by atoms with Crippen LogP contribution in [0.5, 0.6) is 0 Å². The highest BCUT2D eigenvalue weighted by Gasteiger charge is 2.42. The highest BCUT2D eigenvalue weighted by atomic mass is 19.3. The quantitative estimate of drug-likeness (QED) is 0.124. The Labute approximate surface area is 294 Å². The number of hydrogen-bond acceptors (Lipinski definition) is 7. The van der Waals surface area contributed by atoms with Gasteiger partial charge in [-0.1, -0.05) is 62.4 Å². The number of ether oxygens (including phenoxy) is 2. The highest BCUT2D eigenvalue weighted by molar-refractivity contribution is 5.90. The number of carbonyl (C=O) groups excluding carboxylic acids is 2. The zero-order valence-corrected chi connectivity index (χ0v) is 28.7. The van der Waals surface area contributed by atoms with E-state index in [1.807, 2.05) is 30.5 Å². The number of benzene rings is 3. The van der Waals surface area contributed by atoms with Crippen LogP contribution in [-0.4, -0.2) is 75.8 Å². The molecule has 51 heavy (non-hydrogen) atoms. The Morgan fingerprint density at radius 1 is 0.882 bits per heavy atom. The molecular weight excluding hydrogens is 656 g/mol. The van der Waals surface area contributed by atoms with Gasteiger partial charge in [-0.05, 0) is 64.9 Å². The number of hydrogen-bond donors (Lipinski definition) is 4. The molecule has 4 heterocycles. The lowest BCUT2D eigenvalue weighted by Gasteiger charge is -2.29. The lowest BCUT2D eigenvalue weighted by molar-refractivity contribution is -0.160. The molecule has 2 amide bonds. The monoisotopic (exact) mass is 697 g/mol. The highest BCUT2D eigenvalue weighted by Crippen LogP contribution is 2.36. The van der Waals surface area contributed by atoms with Crippen molar-refractivity contribution in [3.05, 3.63) is 84.7 Å². The molecule has 5 aromatic rings. The van der Waals surface area contributed by atoms with Crippen LogP contribution >= 0.6 is 0 Å². The third kappa shape index (κ3) is 7.35. The van der Waals surface area contributed by atoms with Gasteiger partial charge >= 0.3 is 12.7 Å². The fourth-order valence-corrected chi connectivity index (χ4v) is 7.09. The standard InChI is InChI=1S/C38H41F2N7O4/c1-21(2)33(46-38(49)50-3)36(48)47-20-28(51-37(39)40)17-32(47)35-43-18-30(45-35)23-8-6-22(7-9-23)24-10-11-26-16-27(13-12-25(26)15-24)31-19-42-34(44-31)29-5-4-14-41-29/h6-13,15-16,18-19,21,28-29,32-33,37,41H,4-5,14,17,20H2,1-3H3,(H,42,44)(H,43,45)(H,46,49)/t28-,29-,32-,33-/m0/s1. The number of alkyl carbamates (subject to hydrolysis) is 1. The number of imidazole rings is 2. The van der Waals surface area contributed by atoms with E-state index in [1.165, 1.54) is 12.0 Å². The molecule has 2 aliphatic rings. The van der Waals surface area contributed by atoms with Gasteiger partial charge in [0.1, 0.15) is 17.7 Å². The summed E-state index contributed by atoms with van der Waals surface area (Å²) in [5.74, 6) is 0.717. The first-order chi connectivity index (χ1) is 24.7. The van der Waals surface area contributed by atoms with E-state index in [-0.39, 0.29) is 18.9 Å². The molecule has 0 bridgehead atoms. The van der Waals surface area contributed by atoms with E-state index in [0.717, 1.165) is 63.9 Å². The van der Waals surface area contributed by atoms with Crippen LogP contribution in [0, 0.1) is 5.92 Å². The smallest absolute Gasteiger partial charge is 0.407 e. The molecular formula is C38H41F2N7O4. The van der Waals surface area contributed by atoms with E-state index in [1.54, 1.807) is 20.0 Å². The van der Waals surface area contributed by atoms with Crippen molar-refractivity contribution in [2.45, 2.75) is 64.0 Å². The molecule has 4 N–H and O–H groups in total. The number of halogens is 2. The summed E-state index contributed by atoms with van der Waals surface area (Å²) in [6, 6.07) is 19.6. The molecule has 2 saturated heterocycles. The molecule has 266 valence electrons. The van der Waals surface area contributed by atoms with Gasteiger partial charge in [0.15, 0.2) is 0 Å². The Kier molecular flexibility index (Phi) is 9.83. The van der Waals surface area contributed by atoms with Gasteiger partial charge in [0, 0.05) is 18.5 Å². The van der Waals surface area contributed by atoms with E-state index >= 15 is 0 Å². The molecule has 0 saturated carbocycles. The molecule has 4 atom stereocenters. The van der Waals surface area contributed by atoms with E-state index < -0.39 is 36.8 Å². The maximum atomic E-state index is 13.7. The Balaban J connectivity index is 1.07. The number of alkyl halides is 2. The van der Waals surface area contributed by atoms with Gasteiger partial charge in [0.2, 0.25) is 5.91 Å². The Bertz CT molecular complexity index is 2000. The van der Waals surface area contributed by atoms with E-state index in [9.17, 15) is 18.4 Å². The van der Waals surface area contributed by atoms with Crippen molar-refractivity contribution < 1.29 is 27.8 Å². The second-order valence-electron chi connectivity index (χ2n) is 13.5. The third-order valence-electron chi connectivity index (χ3n) is 9.81. The Hall–Kier alpha value is -5.14. The molecule has 7 rings (SSSR count). The van der Waals surface area contributed by atoms with Gasteiger partial charge < -0.3 is 35.0 Å². The first-order valence-electron chi connectivity index (χ1n) is 17.2. The van der Waals surface area contributed by atoms with Gasteiger partial charge in [-0.15, -0.1) is 0 Å². The van der Waals surface area contributed by atoms with Crippen molar-refractivity contribution >= 4 is 22.8 Å². The van der Waals surface area contributed by atoms with Gasteiger partial charge in [-0.2, -0.15) is 8.78 Å². The molecule has 13 heteroatoms. The molecule has 3 aromatic carbocycles. The summed E-state index contributed by atoms with van der Waals surface area (Å²) in [6.45, 7) is 1.54. The van der Waals surface area contributed by atoms with Gasteiger partial charge in [0.05, 0.1) is 49.1 Å². The summed E-state index contributed by atoms with van der Waals surface area (Å²) < 4.78 is 35.9. The lowest BCUT2D eigenvalue weighted by atomic mass is 9.98. The second kappa shape index (κ2) is 14.6. The number of amides is 2. The molecule has 2 aromatic heterocycles. The van der Waals surface area contributed by atoms with Crippen LogP contribution in [0.2, 0.25) is 0 Å². The van der Waals surface area contributed by atoms with Crippen molar-refractivity contribution in [3.63, 3.8) is 0 Å². The van der Waals surface area contributed by atoms with Crippen molar-refractivity contribution in [1.29, 1.82) is 0 Å². The predicted octanol–water partition coefficient (Wildman–Crippen LogP) is 6.97. The summed E-state index contributed by atoms with van der Waals surface area (Å²) in [4.78, 5) is 43.1. The topological polar surface area (TPSA) is 137 Å². The van der Waals surface area contributed by atoms with Crippen LogP contribution in [0.4, 0.5) is 13.6 Å². The van der Waals surface area contributed by atoms with Crippen LogP contribution < -0.4 is 10.6 Å². The van der Waals surface area contributed by atoms with E-state index in [2.05, 4.69) is 67.0 Å². The first-order valence-corrected chi connectivity index (χ1v) is 17.2. The number of methoxy groups -OCH3 is 1. The predicted molar refractivity (Wildman–Crippen MR) is 189 cm³/mol. The number of H-pyrrole nitrogens is 2. The molecule has 0 unspecified atom stereocenters. The summed E-state index contributed by atoms with van der Waals surface area (Å²) in [5.41, 5.74) is 5.81. The van der Waals surface area contributed by atoms with Crippen molar-refractivity contribution in [2.24, 2.45) is 5.92 Å². The van der Waals surface area contributed by atoms with Crippen LogP contribution in [0.25, 0.3) is 44.4 Å². The van der Waals surface area contributed by atoms with Crippen molar-refractivity contribution in [1.82, 2.24) is 35.5 Å². The van der Waals surface area contributed by atoms with Crippen molar-refractivity contribution in [2.75, 3.05) is 20.2 Å². The first kappa shape index (κ1) is 34.3. The largest absolute Gasteiger partial charge is 0.453 e. The fourth-order valence-electron chi connectivity index (χ4n) is 7.09. The summed E-state index contributed by atoms with van der Waals surface area (Å²) in [5, 5.41) is 8.32. The van der Waals surface area contributed by atoms with Crippen LogP contribution in [0.1, 0.15) is 56.8 Å². The number of likely N-dealkylation sites (tertiary alicyclic amines) is 1. The van der Waals surface area contributed by atoms with Gasteiger partial charge in [-0.3, -0.25) is 4.79 Å². The third-order valence-corrected chi connectivity index (χ3v) is 9.81. The Morgan fingerprint density at radius 2 is 1.51 bits per heavy atom. The van der Waals surface area contributed by atoms with Crippen LogP contribution in [-0.2, 0) is 14.3 Å². The minimum Gasteiger partial charge on any atom is -0.453 e. The minimum absolute atomic E-state index is 0.0695. The number of aromatic nitrogens is 4. The second-order valence-corrected chi connectivity index (χ2v) is 13.5. The van der Waals surface area contributed by atoms with E-state index in [4.69, 9.17) is 9.47 Å². The Morgan fingerprint density at radius 3 is 2.18 bits per heavy atom. The number of rotatable bonds is 10. The average Bonchev–Trinajstić information content (AvgIpc) is 3.96. The number of nitrogens with zero attached hydrogens (tertiary/aromatic N) is 3. The number of nitrogens with one attached hydrogen (secondary N) is 4. The van der Waals surface area contributed by atoms with Crippen LogP contribution in [0.15, 0.2) is 73.1 Å². The summed E-state index contributed by atoms with van der Waals surface area (Å²) in [6.07, 6.45) is 4.30. The molecule has 2 fully saturated rings. The number of aromatic amines is 2. The molecule has 0 radical (unpaired) electrons. The van der Waals surface area contributed by atoms with Crippen LogP contribution in [0.3, 0.4) is 0 Å². The van der Waals surface area contributed by atoms with Crippen molar-refractivity contribution in [3.8, 4) is 33.6 Å². The normalized spacial score (nSPS) is 19.7. The van der Waals surface area contributed by atoms with E-state index in [0.29, 0.717) is 17.6 Å². The molecule has 2 aliphatic heterocycles.